The Bertz CT molecular complexity index is 301. The summed E-state index contributed by atoms with van der Waals surface area (Å²) in [7, 11) is 1.80. The fourth-order valence-electron chi connectivity index (χ4n) is 2.32. The Morgan fingerprint density at radius 2 is 2.17 bits per heavy atom. The topological polar surface area (TPSA) is 55.6 Å². The Balaban J connectivity index is 2.55. The molecule has 2 N–H and O–H groups in total. The quantitative estimate of drug-likeness (QED) is 0.772. The molecular weight excluding hydrogens is 248 g/mol. The van der Waals surface area contributed by atoms with Gasteiger partial charge in [0, 0.05) is 20.2 Å². The van der Waals surface area contributed by atoms with E-state index in [-0.39, 0.29) is 28.8 Å². The molecule has 0 aromatic rings. The molecule has 1 aliphatic heterocycles. The minimum absolute atomic E-state index is 0.00618. The zero-order chi connectivity index (χ0) is 13.7. The third-order valence-corrected chi connectivity index (χ3v) is 3.62. The first-order valence-electron chi connectivity index (χ1n) is 6.59. The van der Waals surface area contributed by atoms with Crippen LogP contribution in [0.15, 0.2) is 0 Å². The van der Waals surface area contributed by atoms with Crippen LogP contribution in [-0.2, 0) is 9.53 Å². The Morgan fingerprint density at radius 3 is 2.61 bits per heavy atom. The van der Waals surface area contributed by atoms with E-state index in [1.165, 1.54) is 6.42 Å². The summed E-state index contributed by atoms with van der Waals surface area (Å²) in [5.41, 5.74) is 5.66. The fourth-order valence-corrected chi connectivity index (χ4v) is 2.69. The van der Waals surface area contributed by atoms with Crippen LogP contribution in [0.2, 0.25) is 0 Å². The van der Waals surface area contributed by atoms with Gasteiger partial charge in [0.25, 0.3) is 0 Å². The highest BCUT2D eigenvalue weighted by atomic mass is 32.1. The van der Waals surface area contributed by atoms with Crippen LogP contribution in [0.25, 0.3) is 0 Å². The predicted octanol–water partition coefficient (Wildman–Crippen LogP) is 1.57. The highest BCUT2D eigenvalue weighted by Gasteiger charge is 2.29. The number of likely N-dealkylation sites (N-methyl/N-ethyl adjacent to an activating group) is 1. The van der Waals surface area contributed by atoms with Gasteiger partial charge in [-0.2, -0.15) is 0 Å². The van der Waals surface area contributed by atoms with E-state index < -0.39 is 0 Å². The maximum absolute atomic E-state index is 12.3. The van der Waals surface area contributed by atoms with Gasteiger partial charge in [0.15, 0.2) is 0 Å². The second kappa shape index (κ2) is 7.04. The molecule has 4 nitrogen and oxygen atoms in total. The standard InChI is InChI=1S/C13H24N2O2S/c1-9(2)11(12(14)18)13(16)15(3)8-10-6-4-5-7-17-10/h9-11H,4-8H2,1-3H3,(H2,14,18). The number of nitrogens with zero attached hydrogens (tertiary/aromatic N) is 1. The zero-order valence-corrected chi connectivity index (χ0v) is 12.3. The molecule has 0 spiro atoms. The van der Waals surface area contributed by atoms with Crippen LogP contribution >= 0.6 is 12.2 Å². The van der Waals surface area contributed by atoms with E-state index in [9.17, 15) is 4.79 Å². The van der Waals surface area contributed by atoms with Gasteiger partial charge in [-0.15, -0.1) is 0 Å². The SMILES string of the molecule is CC(C)C(C(=O)N(C)CC1CCCCO1)C(N)=S. The molecule has 2 unspecified atom stereocenters. The van der Waals surface area contributed by atoms with Gasteiger partial charge in [0.1, 0.15) is 0 Å². The van der Waals surface area contributed by atoms with E-state index in [0.29, 0.717) is 6.54 Å². The lowest BCUT2D eigenvalue weighted by Crippen LogP contribution is -2.45. The summed E-state index contributed by atoms with van der Waals surface area (Å²) < 4.78 is 5.64. The molecule has 0 aliphatic carbocycles. The van der Waals surface area contributed by atoms with Gasteiger partial charge >= 0.3 is 0 Å². The molecule has 18 heavy (non-hydrogen) atoms. The van der Waals surface area contributed by atoms with Crippen molar-refractivity contribution in [2.24, 2.45) is 17.6 Å². The summed E-state index contributed by atoms with van der Waals surface area (Å²) in [6, 6.07) is 0. The van der Waals surface area contributed by atoms with Crippen molar-refractivity contribution in [3.8, 4) is 0 Å². The van der Waals surface area contributed by atoms with Crippen LogP contribution in [0.3, 0.4) is 0 Å². The van der Waals surface area contributed by atoms with Gasteiger partial charge < -0.3 is 15.4 Å². The minimum Gasteiger partial charge on any atom is -0.393 e. The van der Waals surface area contributed by atoms with Gasteiger partial charge in [-0.05, 0) is 25.2 Å². The molecule has 104 valence electrons. The Labute approximate surface area is 115 Å². The van der Waals surface area contributed by atoms with E-state index >= 15 is 0 Å². The van der Waals surface area contributed by atoms with Crippen molar-refractivity contribution < 1.29 is 9.53 Å². The highest BCUT2D eigenvalue weighted by molar-refractivity contribution is 7.80. The van der Waals surface area contributed by atoms with Crippen LogP contribution in [0.4, 0.5) is 0 Å². The molecule has 0 radical (unpaired) electrons. The molecule has 5 heteroatoms. The molecule has 2 atom stereocenters. The third kappa shape index (κ3) is 4.21. The average molecular weight is 272 g/mol. The summed E-state index contributed by atoms with van der Waals surface area (Å²) in [5.74, 6) is -0.231. The molecular formula is C13H24N2O2S. The van der Waals surface area contributed by atoms with Crippen molar-refractivity contribution in [3.05, 3.63) is 0 Å². The monoisotopic (exact) mass is 272 g/mol. The van der Waals surface area contributed by atoms with Crippen LogP contribution in [-0.4, -0.2) is 42.1 Å². The highest BCUT2D eigenvalue weighted by Crippen LogP contribution is 2.17. The van der Waals surface area contributed by atoms with E-state index in [1.54, 1.807) is 11.9 Å². The first-order valence-corrected chi connectivity index (χ1v) is 7.00. The number of hydrogen-bond acceptors (Lipinski definition) is 3. The number of rotatable bonds is 5. The summed E-state index contributed by atoms with van der Waals surface area (Å²) in [5, 5.41) is 0. The van der Waals surface area contributed by atoms with E-state index in [0.717, 1.165) is 19.4 Å². The average Bonchev–Trinajstić information content (AvgIpc) is 2.29. The Kier molecular flexibility index (Phi) is 6.02. The normalized spacial score (nSPS) is 21.7. The maximum Gasteiger partial charge on any atom is 0.232 e. The number of ether oxygens (including phenoxy) is 1. The second-order valence-electron chi connectivity index (χ2n) is 5.33. The van der Waals surface area contributed by atoms with E-state index in [2.05, 4.69) is 0 Å². The molecule has 1 aliphatic rings. The fraction of sp³-hybridized carbons (Fsp3) is 0.846. The van der Waals surface area contributed by atoms with E-state index in [4.69, 9.17) is 22.7 Å². The lowest BCUT2D eigenvalue weighted by Gasteiger charge is -2.30. The lowest BCUT2D eigenvalue weighted by atomic mass is 9.94. The van der Waals surface area contributed by atoms with Crippen molar-refractivity contribution in [3.63, 3.8) is 0 Å². The van der Waals surface area contributed by atoms with Crippen molar-refractivity contribution in [2.45, 2.75) is 39.2 Å². The van der Waals surface area contributed by atoms with Crippen LogP contribution in [0.1, 0.15) is 33.1 Å². The molecule has 0 bridgehead atoms. The van der Waals surface area contributed by atoms with Gasteiger partial charge in [-0.25, -0.2) is 0 Å². The second-order valence-corrected chi connectivity index (χ2v) is 5.80. The van der Waals surface area contributed by atoms with Crippen molar-refractivity contribution >= 4 is 23.1 Å². The molecule has 1 fully saturated rings. The summed E-state index contributed by atoms with van der Waals surface area (Å²) in [4.78, 5) is 14.3. The number of carbonyl (C=O) groups excluding carboxylic acids is 1. The van der Waals surface area contributed by atoms with E-state index in [1.807, 2.05) is 13.8 Å². The lowest BCUT2D eigenvalue weighted by molar-refractivity contribution is -0.135. The summed E-state index contributed by atoms with van der Waals surface area (Å²) >= 11 is 4.99. The Hall–Kier alpha value is -0.680. The Morgan fingerprint density at radius 1 is 1.50 bits per heavy atom. The van der Waals surface area contributed by atoms with Gasteiger partial charge in [-0.1, -0.05) is 26.1 Å². The molecule has 1 rings (SSSR count). The zero-order valence-electron chi connectivity index (χ0n) is 11.5. The smallest absolute Gasteiger partial charge is 0.232 e. The first-order chi connectivity index (χ1) is 8.43. The maximum atomic E-state index is 12.3. The molecule has 1 heterocycles. The van der Waals surface area contributed by atoms with Crippen molar-refractivity contribution in [1.82, 2.24) is 4.90 Å². The van der Waals surface area contributed by atoms with Crippen molar-refractivity contribution in [1.29, 1.82) is 0 Å². The minimum atomic E-state index is -0.367. The number of hydrogen-bond donors (Lipinski definition) is 1. The van der Waals surface area contributed by atoms with Crippen LogP contribution in [0, 0.1) is 11.8 Å². The number of nitrogens with two attached hydrogens (primary N) is 1. The number of carbonyl (C=O) groups is 1. The van der Waals surface area contributed by atoms with Gasteiger partial charge in [-0.3, -0.25) is 4.79 Å². The van der Waals surface area contributed by atoms with Gasteiger partial charge in [0.2, 0.25) is 5.91 Å². The summed E-state index contributed by atoms with van der Waals surface area (Å²) in [6.07, 6.45) is 3.48. The van der Waals surface area contributed by atoms with Gasteiger partial charge in [0.05, 0.1) is 17.0 Å². The number of amides is 1. The number of thiocarbonyl (C=S) groups is 1. The molecule has 0 saturated carbocycles. The van der Waals surface area contributed by atoms with Crippen molar-refractivity contribution in [2.75, 3.05) is 20.2 Å². The molecule has 0 aromatic carbocycles. The van der Waals surface area contributed by atoms with Crippen LogP contribution < -0.4 is 5.73 Å². The molecule has 0 aromatic heterocycles. The predicted molar refractivity (Wildman–Crippen MR) is 76.3 cm³/mol. The molecule has 1 amide bonds. The summed E-state index contributed by atoms with van der Waals surface area (Å²) in [6.45, 7) is 5.36. The molecule has 1 saturated heterocycles. The largest absolute Gasteiger partial charge is 0.393 e. The first kappa shape index (κ1) is 15.4. The van der Waals surface area contributed by atoms with Crippen LogP contribution in [0.5, 0.6) is 0 Å². The third-order valence-electron chi connectivity index (χ3n) is 3.37.